The Labute approximate surface area is 91.0 Å². The van der Waals surface area contributed by atoms with Crippen molar-refractivity contribution in [2.75, 3.05) is 6.54 Å². The first kappa shape index (κ1) is 9.64. The molecule has 0 spiro atoms. The molecule has 1 saturated carbocycles. The van der Waals surface area contributed by atoms with Crippen molar-refractivity contribution >= 4 is 5.91 Å². The zero-order chi connectivity index (χ0) is 10.3. The summed E-state index contributed by atoms with van der Waals surface area (Å²) in [5.41, 5.74) is 0. The number of hydrogen-bond donors (Lipinski definition) is 2. The van der Waals surface area contributed by atoms with Gasteiger partial charge in [0.15, 0.2) is 0 Å². The van der Waals surface area contributed by atoms with Gasteiger partial charge in [0.2, 0.25) is 5.91 Å². The summed E-state index contributed by atoms with van der Waals surface area (Å²) in [6.07, 6.45) is 7.45. The van der Waals surface area contributed by atoms with Gasteiger partial charge in [-0.1, -0.05) is 0 Å². The Morgan fingerprint density at radius 2 is 1.80 bits per heavy atom. The summed E-state index contributed by atoms with van der Waals surface area (Å²) in [6, 6.07) is 1.48. The largest absolute Gasteiger partial charge is 0.356 e. The molecule has 15 heavy (non-hydrogen) atoms. The SMILES string of the molecule is O=C(NCC1C[C@H]2CC[C@@H](C1)N2)C1CC1. The topological polar surface area (TPSA) is 41.1 Å². The average molecular weight is 208 g/mol. The van der Waals surface area contributed by atoms with Crippen LogP contribution in [0.4, 0.5) is 0 Å². The molecular formula is C12H20N2O. The van der Waals surface area contributed by atoms with Gasteiger partial charge >= 0.3 is 0 Å². The van der Waals surface area contributed by atoms with E-state index in [4.69, 9.17) is 0 Å². The Hall–Kier alpha value is -0.570. The number of carbonyl (C=O) groups excluding carboxylic acids is 1. The van der Waals surface area contributed by atoms with Crippen LogP contribution in [0.2, 0.25) is 0 Å². The van der Waals surface area contributed by atoms with Gasteiger partial charge in [-0.15, -0.1) is 0 Å². The van der Waals surface area contributed by atoms with Crippen molar-refractivity contribution in [3.05, 3.63) is 0 Å². The van der Waals surface area contributed by atoms with Crippen molar-refractivity contribution in [3.8, 4) is 0 Å². The molecule has 1 aliphatic carbocycles. The first-order valence-electron chi connectivity index (χ1n) is 6.35. The third-order valence-electron chi connectivity index (χ3n) is 4.08. The van der Waals surface area contributed by atoms with Gasteiger partial charge in [0.25, 0.3) is 0 Å². The molecular weight excluding hydrogens is 188 g/mol. The maximum atomic E-state index is 11.5. The minimum absolute atomic E-state index is 0.306. The predicted molar refractivity (Wildman–Crippen MR) is 58.4 cm³/mol. The van der Waals surface area contributed by atoms with Crippen LogP contribution in [0.1, 0.15) is 38.5 Å². The molecule has 1 amide bonds. The molecule has 0 aromatic heterocycles. The minimum Gasteiger partial charge on any atom is -0.356 e. The molecule has 3 aliphatic rings. The highest BCUT2D eigenvalue weighted by molar-refractivity contribution is 5.80. The third kappa shape index (κ3) is 2.17. The summed E-state index contributed by atoms with van der Waals surface area (Å²) >= 11 is 0. The van der Waals surface area contributed by atoms with Crippen LogP contribution in [0, 0.1) is 11.8 Å². The molecule has 3 fully saturated rings. The number of fused-ring (bicyclic) bond motifs is 2. The van der Waals surface area contributed by atoms with Crippen LogP contribution in [0.25, 0.3) is 0 Å². The average Bonchev–Trinajstić information content (AvgIpc) is 3.02. The zero-order valence-electron chi connectivity index (χ0n) is 9.17. The van der Waals surface area contributed by atoms with E-state index in [0.717, 1.165) is 37.4 Å². The van der Waals surface area contributed by atoms with Crippen molar-refractivity contribution in [1.29, 1.82) is 0 Å². The lowest BCUT2D eigenvalue weighted by atomic mass is 9.92. The number of nitrogens with one attached hydrogen (secondary N) is 2. The fourth-order valence-corrected chi connectivity index (χ4v) is 3.08. The lowest BCUT2D eigenvalue weighted by Crippen LogP contribution is -2.42. The number of piperidine rings is 1. The monoisotopic (exact) mass is 208 g/mol. The minimum atomic E-state index is 0.306. The molecule has 1 unspecified atom stereocenters. The molecule has 2 N–H and O–H groups in total. The smallest absolute Gasteiger partial charge is 0.223 e. The Balaban J connectivity index is 1.45. The van der Waals surface area contributed by atoms with E-state index < -0.39 is 0 Å². The number of carbonyl (C=O) groups is 1. The van der Waals surface area contributed by atoms with Crippen LogP contribution in [0.15, 0.2) is 0 Å². The van der Waals surface area contributed by atoms with E-state index in [1.165, 1.54) is 25.7 Å². The van der Waals surface area contributed by atoms with Crippen molar-refractivity contribution in [3.63, 3.8) is 0 Å². The summed E-state index contributed by atoms with van der Waals surface area (Å²) in [5.74, 6) is 1.40. The van der Waals surface area contributed by atoms with Gasteiger partial charge < -0.3 is 10.6 Å². The van der Waals surface area contributed by atoms with Crippen LogP contribution in [0.5, 0.6) is 0 Å². The Kier molecular flexibility index (Phi) is 2.43. The normalized spacial score (nSPS) is 39.1. The van der Waals surface area contributed by atoms with E-state index in [-0.39, 0.29) is 0 Å². The molecule has 2 aliphatic heterocycles. The summed E-state index contributed by atoms with van der Waals surface area (Å²) in [4.78, 5) is 11.5. The lowest BCUT2D eigenvalue weighted by molar-refractivity contribution is -0.122. The summed E-state index contributed by atoms with van der Waals surface area (Å²) < 4.78 is 0. The molecule has 84 valence electrons. The second kappa shape index (κ2) is 3.78. The maximum Gasteiger partial charge on any atom is 0.223 e. The van der Waals surface area contributed by atoms with Crippen molar-refractivity contribution < 1.29 is 4.79 Å². The number of amides is 1. The highest BCUT2D eigenvalue weighted by Gasteiger charge is 2.34. The summed E-state index contributed by atoms with van der Waals surface area (Å²) in [7, 11) is 0. The molecule has 3 rings (SSSR count). The lowest BCUT2D eigenvalue weighted by Gasteiger charge is -2.29. The highest BCUT2D eigenvalue weighted by atomic mass is 16.2. The first-order valence-corrected chi connectivity index (χ1v) is 6.35. The van der Waals surface area contributed by atoms with E-state index in [2.05, 4.69) is 10.6 Å². The Morgan fingerprint density at radius 3 is 2.40 bits per heavy atom. The van der Waals surface area contributed by atoms with Gasteiger partial charge in [-0.3, -0.25) is 4.79 Å². The van der Waals surface area contributed by atoms with Gasteiger partial charge in [-0.05, 0) is 44.4 Å². The first-order chi connectivity index (χ1) is 7.31. The van der Waals surface area contributed by atoms with E-state index in [9.17, 15) is 4.79 Å². The van der Waals surface area contributed by atoms with Gasteiger partial charge in [0, 0.05) is 24.5 Å². The van der Waals surface area contributed by atoms with E-state index in [1.807, 2.05) is 0 Å². The van der Waals surface area contributed by atoms with Crippen molar-refractivity contribution in [2.24, 2.45) is 11.8 Å². The molecule has 0 aromatic rings. The van der Waals surface area contributed by atoms with Crippen LogP contribution in [-0.4, -0.2) is 24.5 Å². The molecule has 3 heteroatoms. The second-order valence-corrected chi connectivity index (χ2v) is 5.49. The standard InChI is InChI=1S/C12H20N2O/c15-12(9-1-2-9)13-7-8-5-10-3-4-11(6-8)14-10/h8-11,14H,1-7H2,(H,13,15)/t8?,10-,11+. The second-order valence-electron chi connectivity index (χ2n) is 5.49. The molecule has 0 radical (unpaired) electrons. The molecule has 2 heterocycles. The Bertz CT molecular complexity index is 250. The van der Waals surface area contributed by atoms with Crippen LogP contribution < -0.4 is 10.6 Å². The quantitative estimate of drug-likeness (QED) is 0.727. The van der Waals surface area contributed by atoms with Crippen LogP contribution in [-0.2, 0) is 4.79 Å². The highest BCUT2D eigenvalue weighted by Crippen LogP contribution is 2.31. The Morgan fingerprint density at radius 1 is 1.13 bits per heavy atom. The van der Waals surface area contributed by atoms with Gasteiger partial charge in [-0.25, -0.2) is 0 Å². The van der Waals surface area contributed by atoms with Gasteiger partial charge in [0.1, 0.15) is 0 Å². The maximum absolute atomic E-state index is 11.5. The third-order valence-corrected chi connectivity index (χ3v) is 4.08. The molecule has 0 aromatic carbocycles. The molecule has 2 saturated heterocycles. The van der Waals surface area contributed by atoms with E-state index in [0.29, 0.717) is 11.8 Å². The summed E-state index contributed by atoms with van der Waals surface area (Å²) in [6.45, 7) is 0.921. The number of rotatable bonds is 3. The molecule has 2 bridgehead atoms. The van der Waals surface area contributed by atoms with Crippen LogP contribution in [0.3, 0.4) is 0 Å². The molecule has 3 atom stereocenters. The van der Waals surface area contributed by atoms with E-state index >= 15 is 0 Å². The zero-order valence-corrected chi connectivity index (χ0v) is 9.17. The fourth-order valence-electron chi connectivity index (χ4n) is 3.08. The number of hydrogen-bond acceptors (Lipinski definition) is 2. The van der Waals surface area contributed by atoms with Crippen molar-refractivity contribution in [1.82, 2.24) is 10.6 Å². The fraction of sp³-hybridized carbons (Fsp3) is 0.917. The van der Waals surface area contributed by atoms with Crippen molar-refractivity contribution in [2.45, 2.75) is 50.6 Å². The van der Waals surface area contributed by atoms with Gasteiger partial charge in [0.05, 0.1) is 0 Å². The predicted octanol–water partition coefficient (Wildman–Crippen LogP) is 1.04. The van der Waals surface area contributed by atoms with Gasteiger partial charge in [-0.2, -0.15) is 0 Å². The summed E-state index contributed by atoms with van der Waals surface area (Å²) in [5, 5.41) is 6.75. The van der Waals surface area contributed by atoms with Crippen LogP contribution >= 0.6 is 0 Å². The van der Waals surface area contributed by atoms with E-state index in [1.54, 1.807) is 0 Å². The molecule has 3 nitrogen and oxygen atoms in total.